The summed E-state index contributed by atoms with van der Waals surface area (Å²) in [5, 5.41) is 7.99. The standard InChI is InChI=1S/C17H26N4O3S/c1-13(14-4-5-15(22-2)16(12-14)23-3)19-20-17(25)18-6-7-21-8-10-24-11-9-21/h4-5,12H,6-11H2,1-3H3,(H2,18,20,25)/b19-13+. The van der Waals surface area contributed by atoms with Gasteiger partial charge in [0, 0.05) is 31.7 Å². The number of nitrogens with one attached hydrogen (secondary N) is 2. The molecular weight excluding hydrogens is 340 g/mol. The van der Waals surface area contributed by atoms with E-state index in [0.29, 0.717) is 16.6 Å². The summed E-state index contributed by atoms with van der Waals surface area (Å²) in [6, 6.07) is 5.66. The predicted octanol–water partition coefficient (Wildman–Crippen LogP) is 1.22. The predicted molar refractivity (Wildman–Crippen MR) is 103 cm³/mol. The molecular formula is C17H26N4O3S. The zero-order chi connectivity index (χ0) is 18.1. The summed E-state index contributed by atoms with van der Waals surface area (Å²) in [6.07, 6.45) is 0. The largest absolute Gasteiger partial charge is 0.493 e. The van der Waals surface area contributed by atoms with E-state index in [1.54, 1.807) is 14.2 Å². The fourth-order valence-corrected chi connectivity index (χ4v) is 2.60. The topological polar surface area (TPSA) is 67.4 Å². The number of thiocarbonyl (C=S) groups is 1. The monoisotopic (exact) mass is 366 g/mol. The molecule has 0 radical (unpaired) electrons. The van der Waals surface area contributed by atoms with E-state index in [4.69, 9.17) is 26.4 Å². The maximum Gasteiger partial charge on any atom is 0.187 e. The van der Waals surface area contributed by atoms with Gasteiger partial charge in [0.15, 0.2) is 16.6 Å². The van der Waals surface area contributed by atoms with Gasteiger partial charge in [-0.25, -0.2) is 0 Å². The minimum Gasteiger partial charge on any atom is -0.493 e. The molecule has 1 aliphatic rings. The molecule has 0 amide bonds. The molecule has 1 aromatic rings. The summed E-state index contributed by atoms with van der Waals surface area (Å²) in [5.41, 5.74) is 4.61. The van der Waals surface area contributed by atoms with Crippen LogP contribution in [-0.2, 0) is 4.74 Å². The van der Waals surface area contributed by atoms with Crippen molar-refractivity contribution >= 4 is 23.0 Å². The van der Waals surface area contributed by atoms with Crippen LogP contribution in [0.5, 0.6) is 11.5 Å². The molecule has 0 spiro atoms. The lowest BCUT2D eigenvalue weighted by Crippen LogP contribution is -2.42. The van der Waals surface area contributed by atoms with Crippen LogP contribution in [0.25, 0.3) is 0 Å². The molecule has 1 saturated heterocycles. The number of hydrazone groups is 1. The molecule has 1 aliphatic heterocycles. The van der Waals surface area contributed by atoms with Crippen LogP contribution in [0.4, 0.5) is 0 Å². The molecule has 0 atom stereocenters. The fraction of sp³-hybridized carbons (Fsp3) is 0.529. The van der Waals surface area contributed by atoms with E-state index in [1.165, 1.54) is 0 Å². The number of ether oxygens (including phenoxy) is 3. The van der Waals surface area contributed by atoms with Gasteiger partial charge < -0.3 is 19.5 Å². The summed E-state index contributed by atoms with van der Waals surface area (Å²) in [7, 11) is 3.22. The van der Waals surface area contributed by atoms with Crippen molar-refractivity contribution in [3.63, 3.8) is 0 Å². The van der Waals surface area contributed by atoms with Crippen LogP contribution in [0.2, 0.25) is 0 Å². The lowest BCUT2D eigenvalue weighted by molar-refractivity contribution is 0.0389. The highest BCUT2D eigenvalue weighted by molar-refractivity contribution is 7.80. The molecule has 2 rings (SSSR count). The highest BCUT2D eigenvalue weighted by Gasteiger charge is 2.09. The number of methoxy groups -OCH3 is 2. The van der Waals surface area contributed by atoms with Crippen LogP contribution in [0.3, 0.4) is 0 Å². The minimum atomic E-state index is 0.507. The van der Waals surface area contributed by atoms with Crippen molar-refractivity contribution in [1.29, 1.82) is 0 Å². The fourth-order valence-electron chi connectivity index (χ4n) is 2.45. The molecule has 1 aromatic carbocycles. The molecule has 138 valence electrons. The molecule has 0 unspecified atom stereocenters. The van der Waals surface area contributed by atoms with Gasteiger partial charge in [0.25, 0.3) is 0 Å². The first kappa shape index (κ1) is 19.4. The van der Waals surface area contributed by atoms with Gasteiger partial charge in [-0.15, -0.1) is 0 Å². The van der Waals surface area contributed by atoms with E-state index in [1.807, 2.05) is 25.1 Å². The Morgan fingerprint density at radius 3 is 2.64 bits per heavy atom. The van der Waals surface area contributed by atoms with Gasteiger partial charge in [-0.2, -0.15) is 5.10 Å². The number of hydrogen-bond acceptors (Lipinski definition) is 6. The minimum absolute atomic E-state index is 0.507. The SMILES string of the molecule is COc1ccc(/C(C)=N/NC(=S)NCCN2CCOCC2)cc1OC. The van der Waals surface area contributed by atoms with Crippen LogP contribution < -0.4 is 20.2 Å². The summed E-state index contributed by atoms with van der Waals surface area (Å²) in [5.74, 6) is 1.35. The van der Waals surface area contributed by atoms with Crippen molar-refractivity contribution < 1.29 is 14.2 Å². The summed E-state index contributed by atoms with van der Waals surface area (Å²) in [4.78, 5) is 2.34. The second-order valence-corrected chi connectivity index (χ2v) is 6.00. The maximum absolute atomic E-state index is 5.33. The van der Waals surface area contributed by atoms with E-state index in [0.717, 1.165) is 50.7 Å². The number of nitrogens with zero attached hydrogens (tertiary/aromatic N) is 2. The van der Waals surface area contributed by atoms with Crippen molar-refractivity contribution in [2.75, 3.05) is 53.6 Å². The Hall–Kier alpha value is -1.90. The summed E-state index contributed by atoms with van der Waals surface area (Å²) >= 11 is 5.26. The first-order valence-electron chi connectivity index (χ1n) is 8.24. The summed E-state index contributed by atoms with van der Waals surface area (Å²) in [6.45, 7) is 7.16. The first-order valence-corrected chi connectivity index (χ1v) is 8.65. The smallest absolute Gasteiger partial charge is 0.187 e. The quantitative estimate of drug-likeness (QED) is 0.427. The maximum atomic E-state index is 5.33. The summed E-state index contributed by atoms with van der Waals surface area (Å²) < 4.78 is 15.9. The highest BCUT2D eigenvalue weighted by atomic mass is 32.1. The van der Waals surface area contributed by atoms with Gasteiger partial charge in [0.05, 0.1) is 33.1 Å². The number of hydrogen-bond donors (Lipinski definition) is 2. The zero-order valence-electron chi connectivity index (χ0n) is 15.0. The normalized spacial score (nSPS) is 15.6. The van der Waals surface area contributed by atoms with Crippen molar-refractivity contribution in [3.05, 3.63) is 23.8 Å². The average molecular weight is 366 g/mol. The van der Waals surface area contributed by atoms with E-state index in [2.05, 4.69) is 20.7 Å². The van der Waals surface area contributed by atoms with Crippen molar-refractivity contribution in [3.8, 4) is 11.5 Å². The Balaban J connectivity index is 1.80. The third-order valence-electron chi connectivity index (χ3n) is 3.94. The van der Waals surface area contributed by atoms with Gasteiger partial charge >= 0.3 is 0 Å². The Labute approximate surface area is 154 Å². The molecule has 2 N–H and O–H groups in total. The molecule has 25 heavy (non-hydrogen) atoms. The average Bonchev–Trinajstić information content (AvgIpc) is 2.66. The molecule has 8 heteroatoms. The Morgan fingerprint density at radius 1 is 1.24 bits per heavy atom. The molecule has 0 aromatic heterocycles. The Bertz CT molecular complexity index is 604. The van der Waals surface area contributed by atoms with Crippen LogP contribution in [0, 0.1) is 0 Å². The highest BCUT2D eigenvalue weighted by Crippen LogP contribution is 2.27. The van der Waals surface area contributed by atoms with Gasteiger partial charge in [0.1, 0.15) is 0 Å². The zero-order valence-corrected chi connectivity index (χ0v) is 15.8. The molecule has 0 aliphatic carbocycles. The number of benzene rings is 1. The Kier molecular flexibility index (Phi) is 7.90. The van der Waals surface area contributed by atoms with E-state index < -0.39 is 0 Å². The lowest BCUT2D eigenvalue weighted by atomic mass is 10.1. The van der Waals surface area contributed by atoms with Gasteiger partial charge in [-0.05, 0) is 37.3 Å². The van der Waals surface area contributed by atoms with Crippen LogP contribution in [0.1, 0.15) is 12.5 Å². The lowest BCUT2D eigenvalue weighted by Gasteiger charge is -2.26. The van der Waals surface area contributed by atoms with Gasteiger partial charge in [-0.3, -0.25) is 10.3 Å². The van der Waals surface area contributed by atoms with Crippen molar-refractivity contribution in [2.45, 2.75) is 6.92 Å². The molecule has 7 nitrogen and oxygen atoms in total. The van der Waals surface area contributed by atoms with E-state index in [-0.39, 0.29) is 0 Å². The Morgan fingerprint density at radius 2 is 1.96 bits per heavy atom. The molecule has 0 saturated carbocycles. The van der Waals surface area contributed by atoms with Gasteiger partial charge in [0.2, 0.25) is 0 Å². The molecule has 1 fully saturated rings. The van der Waals surface area contributed by atoms with Crippen molar-refractivity contribution in [1.82, 2.24) is 15.6 Å². The van der Waals surface area contributed by atoms with Gasteiger partial charge in [-0.1, -0.05) is 0 Å². The molecule has 1 heterocycles. The van der Waals surface area contributed by atoms with Crippen LogP contribution in [0.15, 0.2) is 23.3 Å². The third kappa shape index (κ3) is 6.15. The van der Waals surface area contributed by atoms with Crippen LogP contribution in [-0.4, -0.2) is 69.3 Å². The van der Waals surface area contributed by atoms with E-state index >= 15 is 0 Å². The number of rotatable bonds is 7. The van der Waals surface area contributed by atoms with E-state index in [9.17, 15) is 0 Å². The molecule has 0 bridgehead atoms. The number of morpholine rings is 1. The van der Waals surface area contributed by atoms with Crippen LogP contribution >= 0.6 is 12.2 Å². The third-order valence-corrected chi connectivity index (χ3v) is 4.18. The second-order valence-electron chi connectivity index (χ2n) is 5.59. The van der Waals surface area contributed by atoms with Crippen molar-refractivity contribution in [2.24, 2.45) is 5.10 Å². The first-order chi connectivity index (χ1) is 12.1. The second kappa shape index (κ2) is 10.2.